The van der Waals surface area contributed by atoms with Crippen LogP contribution in [-0.2, 0) is 0 Å². The summed E-state index contributed by atoms with van der Waals surface area (Å²) in [6.07, 6.45) is -0.616. The summed E-state index contributed by atoms with van der Waals surface area (Å²) in [5.74, 6) is 0.217. The molecule has 0 spiro atoms. The van der Waals surface area contributed by atoms with E-state index in [1.807, 2.05) is 6.92 Å². The Bertz CT molecular complexity index is 129. The first-order valence-electron chi connectivity index (χ1n) is 4.30. The van der Waals surface area contributed by atoms with Gasteiger partial charge in [-0.15, -0.1) is 0 Å². The van der Waals surface area contributed by atoms with Crippen molar-refractivity contribution in [2.75, 3.05) is 13.1 Å². The van der Waals surface area contributed by atoms with Gasteiger partial charge in [0, 0.05) is 24.5 Å². The third kappa shape index (κ3) is 1.92. The fourth-order valence-corrected chi connectivity index (χ4v) is 1.47. The highest BCUT2D eigenvalue weighted by molar-refractivity contribution is 4.88. The van der Waals surface area contributed by atoms with Crippen molar-refractivity contribution in [3.63, 3.8) is 0 Å². The van der Waals surface area contributed by atoms with Crippen molar-refractivity contribution in [2.24, 2.45) is 5.92 Å². The van der Waals surface area contributed by atoms with Gasteiger partial charge in [0.05, 0.1) is 0 Å². The maximum Gasteiger partial charge on any atom is 0.117 e. The van der Waals surface area contributed by atoms with Crippen LogP contribution in [0, 0.1) is 5.92 Å². The molecule has 1 aliphatic rings. The van der Waals surface area contributed by atoms with E-state index in [9.17, 15) is 4.39 Å². The highest BCUT2D eigenvalue weighted by Crippen LogP contribution is 2.25. The van der Waals surface area contributed by atoms with Crippen molar-refractivity contribution in [3.05, 3.63) is 0 Å². The van der Waals surface area contributed by atoms with Gasteiger partial charge in [0.25, 0.3) is 0 Å². The lowest BCUT2D eigenvalue weighted by Crippen LogP contribution is -2.39. The lowest BCUT2D eigenvalue weighted by Gasteiger charge is -2.31. The third-order valence-electron chi connectivity index (χ3n) is 2.47. The van der Waals surface area contributed by atoms with Gasteiger partial charge in [-0.2, -0.15) is 0 Å². The molecule has 0 N–H and O–H groups in total. The number of alkyl halides is 1. The molecule has 1 aliphatic heterocycles. The number of halogens is 1. The van der Waals surface area contributed by atoms with Gasteiger partial charge in [-0.25, -0.2) is 4.39 Å². The third-order valence-corrected chi connectivity index (χ3v) is 2.47. The van der Waals surface area contributed by atoms with Crippen LogP contribution >= 0.6 is 0 Å². The summed E-state index contributed by atoms with van der Waals surface area (Å²) in [6, 6.07) is 0. The quantitative estimate of drug-likeness (QED) is 0.523. The van der Waals surface area contributed by atoms with Crippen LogP contribution in [-0.4, -0.2) is 29.7 Å². The van der Waals surface area contributed by atoms with Gasteiger partial charge >= 0.3 is 0 Å². The van der Waals surface area contributed by atoms with Gasteiger partial charge in [-0.3, -0.25) is 4.90 Å². The molecule has 0 unspecified atom stereocenters. The molecule has 2 heteroatoms. The van der Waals surface area contributed by atoms with Crippen LogP contribution in [0.2, 0.25) is 0 Å². The SMILES string of the molecule is C[C@H]1CN(C(C)(C)C)C[C@H]1F. The first kappa shape index (κ1) is 8.98. The standard InChI is InChI=1S/C9H18FN/c1-7-5-11(6-8(7)10)9(2,3)4/h7-8H,5-6H2,1-4H3/t7-,8+/m0/s1. The van der Waals surface area contributed by atoms with Crippen LogP contribution in [0.15, 0.2) is 0 Å². The molecule has 0 aromatic carbocycles. The summed E-state index contributed by atoms with van der Waals surface area (Å²) in [5, 5.41) is 0. The Kier molecular flexibility index (Phi) is 2.24. The van der Waals surface area contributed by atoms with Crippen LogP contribution < -0.4 is 0 Å². The Morgan fingerprint density at radius 3 is 2.00 bits per heavy atom. The summed E-state index contributed by atoms with van der Waals surface area (Å²) in [6.45, 7) is 9.92. The van der Waals surface area contributed by atoms with E-state index in [1.165, 1.54) is 0 Å². The zero-order valence-corrected chi connectivity index (χ0v) is 7.89. The first-order chi connectivity index (χ1) is 4.91. The zero-order chi connectivity index (χ0) is 8.65. The van der Waals surface area contributed by atoms with E-state index in [-0.39, 0.29) is 11.5 Å². The van der Waals surface area contributed by atoms with Gasteiger partial charge < -0.3 is 0 Å². The van der Waals surface area contributed by atoms with E-state index in [2.05, 4.69) is 25.7 Å². The maximum absolute atomic E-state index is 13.1. The Morgan fingerprint density at radius 1 is 1.27 bits per heavy atom. The van der Waals surface area contributed by atoms with Crippen molar-refractivity contribution in [3.8, 4) is 0 Å². The second-order valence-corrected chi connectivity index (χ2v) is 4.57. The smallest absolute Gasteiger partial charge is 0.117 e. The highest BCUT2D eigenvalue weighted by atomic mass is 19.1. The molecule has 66 valence electrons. The number of likely N-dealkylation sites (tertiary alicyclic amines) is 1. The predicted molar refractivity (Wildman–Crippen MR) is 45.4 cm³/mol. The van der Waals surface area contributed by atoms with Crippen molar-refractivity contribution in [2.45, 2.75) is 39.4 Å². The molecule has 0 aromatic heterocycles. The van der Waals surface area contributed by atoms with E-state index in [1.54, 1.807) is 0 Å². The minimum absolute atomic E-state index is 0.134. The summed E-state index contributed by atoms with van der Waals surface area (Å²) in [7, 11) is 0. The van der Waals surface area contributed by atoms with Crippen molar-refractivity contribution in [1.29, 1.82) is 0 Å². The minimum atomic E-state index is -0.616. The second kappa shape index (κ2) is 2.74. The summed E-state index contributed by atoms with van der Waals surface area (Å²) in [5.41, 5.74) is 0.134. The molecular weight excluding hydrogens is 141 g/mol. The Morgan fingerprint density at radius 2 is 1.82 bits per heavy atom. The van der Waals surface area contributed by atoms with Crippen molar-refractivity contribution < 1.29 is 4.39 Å². The van der Waals surface area contributed by atoms with E-state index < -0.39 is 6.17 Å². The van der Waals surface area contributed by atoms with Crippen LogP contribution in [0.1, 0.15) is 27.7 Å². The van der Waals surface area contributed by atoms with E-state index in [0.29, 0.717) is 6.54 Å². The summed E-state index contributed by atoms with van der Waals surface area (Å²) in [4.78, 5) is 2.21. The highest BCUT2D eigenvalue weighted by Gasteiger charge is 2.34. The molecule has 0 aromatic rings. The second-order valence-electron chi connectivity index (χ2n) is 4.57. The molecule has 2 atom stereocenters. The molecule has 0 saturated carbocycles. The maximum atomic E-state index is 13.1. The average molecular weight is 159 g/mol. The number of nitrogens with zero attached hydrogens (tertiary/aromatic N) is 1. The molecule has 0 bridgehead atoms. The van der Waals surface area contributed by atoms with Crippen LogP contribution in [0.4, 0.5) is 4.39 Å². The predicted octanol–water partition coefficient (Wildman–Crippen LogP) is 2.07. The molecule has 0 radical (unpaired) electrons. The van der Waals surface area contributed by atoms with Crippen LogP contribution in [0.3, 0.4) is 0 Å². The summed E-state index contributed by atoms with van der Waals surface area (Å²) < 4.78 is 13.1. The molecule has 0 aliphatic carbocycles. The molecule has 0 amide bonds. The van der Waals surface area contributed by atoms with Crippen molar-refractivity contribution >= 4 is 0 Å². The zero-order valence-electron chi connectivity index (χ0n) is 7.89. The van der Waals surface area contributed by atoms with Gasteiger partial charge in [0.2, 0.25) is 0 Å². The number of hydrogen-bond donors (Lipinski definition) is 0. The van der Waals surface area contributed by atoms with Crippen LogP contribution in [0.25, 0.3) is 0 Å². The van der Waals surface area contributed by atoms with Gasteiger partial charge in [-0.05, 0) is 20.8 Å². The average Bonchev–Trinajstić information content (AvgIpc) is 2.11. The molecule has 11 heavy (non-hydrogen) atoms. The summed E-state index contributed by atoms with van der Waals surface area (Å²) >= 11 is 0. The largest absolute Gasteiger partial charge is 0.295 e. The fourth-order valence-electron chi connectivity index (χ4n) is 1.47. The Balaban J connectivity index is 2.54. The lowest BCUT2D eigenvalue weighted by atomic mass is 10.1. The van der Waals surface area contributed by atoms with Crippen molar-refractivity contribution in [1.82, 2.24) is 4.90 Å². The number of rotatable bonds is 0. The monoisotopic (exact) mass is 159 g/mol. The molecule has 1 fully saturated rings. The Labute approximate surface area is 68.6 Å². The van der Waals surface area contributed by atoms with Gasteiger partial charge in [0.15, 0.2) is 0 Å². The Hall–Kier alpha value is -0.110. The normalized spacial score (nSPS) is 34.6. The molecule has 1 saturated heterocycles. The molecule has 1 nitrogen and oxygen atoms in total. The number of hydrogen-bond acceptors (Lipinski definition) is 1. The topological polar surface area (TPSA) is 3.24 Å². The molecule has 1 heterocycles. The first-order valence-corrected chi connectivity index (χ1v) is 4.30. The fraction of sp³-hybridized carbons (Fsp3) is 1.00. The van der Waals surface area contributed by atoms with Gasteiger partial charge in [0.1, 0.15) is 6.17 Å². The molecular formula is C9H18FN. The van der Waals surface area contributed by atoms with E-state index >= 15 is 0 Å². The lowest BCUT2D eigenvalue weighted by molar-refractivity contribution is 0.160. The van der Waals surface area contributed by atoms with Crippen LogP contribution in [0.5, 0.6) is 0 Å². The van der Waals surface area contributed by atoms with E-state index in [0.717, 1.165) is 6.54 Å². The van der Waals surface area contributed by atoms with E-state index in [4.69, 9.17) is 0 Å². The minimum Gasteiger partial charge on any atom is -0.295 e. The van der Waals surface area contributed by atoms with Gasteiger partial charge in [-0.1, -0.05) is 6.92 Å². The molecule has 1 rings (SSSR count).